The predicted molar refractivity (Wildman–Crippen MR) is 107 cm³/mol. The summed E-state index contributed by atoms with van der Waals surface area (Å²) in [5.41, 5.74) is 8.23. The Morgan fingerprint density at radius 1 is 1.23 bits per heavy atom. The third-order valence-electron chi connectivity index (χ3n) is 4.79. The van der Waals surface area contributed by atoms with Crippen molar-refractivity contribution in [2.45, 2.75) is 26.7 Å². The molecular formula is C20H21N5O5. The lowest BCUT2D eigenvalue weighted by atomic mass is 10.1. The van der Waals surface area contributed by atoms with Crippen molar-refractivity contribution >= 4 is 29.1 Å². The summed E-state index contributed by atoms with van der Waals surface area (Å²) in [7, 11) is 1.20. The van der Waals surface area contributed by atoms with Gasteiger partial charge in [0.15, 0.2) is 11.4 Å². The summed E-state index contributed by atoms with van der Waals surface area (Å²) < 4.78 is 6.12. The molecule has 0 saturated heterocycles. The second-order valence-electron chi connectivity index (χ2n) is 6.66. The molecule has 0 bridgehead atoms. The minimum absolute atomic E-state index is 0.0411. The van der Waals surface area contributed by atoms with Crippen LogP contribution in [-0.4, -0.2) is 44.6 Å². The molecule has 0 aliphatic heterocycles. The molecule has 0 unspecified atom stereocenters. The number of esters is 1. The molecule has 2 amide bonds. The van der Waals surface area contributed by atoms with Crippen molar-refractivity contribution in [1.29, 1.82) is 0 Å². The van der Waals surface area contributed by atoms with Crippen molar-refractivity contribution < 1.29 is 24.2 Å². The Balaban J connectivity index is 1.78. The molecule has 0 fully saturated rings. The van der Waals surface area contributed by atoms with Crippen molar-refractivity contribution in [3.8, 4) is 5.75 Å². The molecule has 2 heterocycles. The van der Waals surface area contributed by atoms with Gasteiger partial charge >= 0.3 is 5.97 Å². The lowest BCUT2D eigenvalue weighted by Gasteiger charge is -2.12. The number of ether oxygens (including phenoxy) is 1. The number of phenolic OH excluding ortho intramolecular Hbond substituents is 1. The number of fused-ring (bicyclic) bond motifs is 1. The van der Waals surface area contributed by atoms with Crippen molar-refractivity contribution in [3.05, 3.63) is 52.5 Å². The number of hydrogen-bond acceptors (Lipinski definition) is 7. The van der Waals surface area contributed by atoms with Crippen molar-refractivity contribution in [1.82, 2.24) is 14.6 Å². The number of aromatic nitrogens is 3. The zero-order chi connectivity index (χ0) is 22.0. The zero-order valence-corrected chi connectivity index (χ0v) is 16.7. The molecule has 4 N–H and O–H groups in total. The monoisotopic (exact) mass is 411 g/mol. The maximum atomic E-state index is 12.4. The molecule has 0 spiro atoms. The summed E-state index contributed by atoms with van der Waals surface area (Å²) in [6.07, 6.45) is 1.82. The smallest absolute Gasteiger partial charge is 0.341 e. The molecule has 0 saturated carbocycles. The highest BCUT2D eigenvalue weighted by atomic mass is 16.5. The van der Waals surface area contributed by atoms with Gasteiger partial charge in [0.05, 0.1) is 19.0 Å². The van der Waals surface area contributed by atoms with Crippen LogP contribution in [0.5, 0.6) is 5.75 Å². The van der Waals surface area contributed by atoms with Crippen LogP contribution in [0.1, 0.15) is 44.1 Å². The molecular weight excluding hydrogens is 390 g/mol. The van der Waals surface area contributed by atoms with Crippen LogP contribution in [0.4, 0.5) is 5.69 Å². The molecule has 3 aromatic rings. The molecule has 30 heavy (non-hydrogen) atoms. The summed E-state index contributed by atoms with van der Waals surface area (Å²) in [4.78, 5) is 40.0. The van der Waals surface area contributed by atoms with Gasteiger partial charge in [-0.2, -0.15) is 5.10 Å². The Labute approximate surface area is 171 Å². The number of aromatic hydroxyl groups is 1. The van der Waals surface area contributed by atoms with Gasteiger partial charge in [-0.3, -0.25) is 9.59 Å². The Hall–Kier alpha value is -3.95. The number of carbonyl (C=O) groups excluding carboxylic acids is 3. The minimum atomic E-state index is -0.705. The first-order valence-corrected chi connectivity index (χ1v) is 9.08. The van der Waals surface area contributed by atoms with E-state index in [4.69, 9.17) is 5.73 Å². The fourth-order valence-electron chi connectivity index (χ4n) is 3.22. The molecule has 10 heteroatoms. The van der Waals surface area contributed by atoms with Crippen molar-refractivity contribution in [2.75, 3.05) is 12.4 Å². The fourth-order valence-corrected chi connectivity index (χ4v) is 3.22. The lowest BCUT2D eigenvalue weighted by molar-refractivity contribution is -0.116. The SMILES string of the molecule is COC(=O)c1cccc(NC(=O)CCc2c(C)nc3c(C(N)=O)cnn3c2C)c1O. The molecule has 1 aromatic carbocycles. The van der Waals surface area contributed by atoms with Crippen LogP contribution in [0.3, 0.4) is 0 Å². The number of carbonyl (C=O) groups is 3. The van der Waals surface area contributed by atoms with E-state index in [1.165, 1.54) is 36.0 Å². The lowest BCUT2D eigenvalue weighted by Crippen LogP contribution is -2.15. The van der Waals surface area contributed by atoms with Crippen LogP contribution >= 0.6 is 0 Å². The van der Waals surface area contributed by atoms with Gasteiger partial charge in [0.1, 0.15) is 11.1 Å². The van der Waals surface area contributed by atoms with Crippen molar-refractivity contribution in [3.63, 3.8) is 0 Å². The van der Waals surface area contributed by atoms with E-state index in [-0.39, 0.29) is 34.9 Å². The number of methoxy groups -OCH3 is 1. The average molecular weight is 411 g/mol. The Bertz CT molecular complexity index is 1170. The third kappa shape index (κ3) is 3.79. The van der Waals surface area contributed by atoms with Gasteiger partial charge < -0.3 is 20.9 Å². The molecule has 3 rings (SSSR count). The summed E-state index contributed by atoms with van der Waals surface area (Å²) in [6, 6.07) is 4.41. The average Bonchev–Trinajstić information content (AvgIpc) is 3.13. The number of benzene rings is 1. The third-order valence-corrected chi connectivity index (χ3v) is 4.79. The molecule has 10 nitrogen and oxygen atoms in total. The summed E-state index contributed by atoms with van der Waals surface area (Å²) in [6.45, 7) is 3.60. The second-order valence-corrected chi connectivity index (χ2v) is 6.66. The number of aryl methyl sites for hydroxylation is 2. The number of anilines is 1. The number of primary amides is 1. The number of nitrogens with one attached hydrogen (secondary N) is 1. The predicted octanol–water partition coefficient (Wildman–Crippen LogP) is 1.51. The van der Waals surface area contributed by atoms with Crippen LogP contribution in [0, 0.1) is 13.8 Å². The van der Waals surface area contributed by atoms with E-state index < -0.39 is 11.9 Å². The molecule has 0 aliphatic carbocycles. The van der Waals surface area contributed by atoms with E-state index in [1.54, 1.807) is 6.92 Å². The molecule has 0 atom stereocenters. The first-order chi connectivity index (χ1) is 14.2. The first kappa shape index (κ1) is 20.8. The van der Waals surface area contributed by atoms with E-state index in [0.29, 0.717) is 17.8 Å². The van der Waals surface area contributed by atoms with Crippen LogP contribution in [-0.2, 0) is 16.0 Å². The minimum Gasteiger partial charge on any atom is -0.505 e. The van der Waals surface area contributed by atoms with E-state index in [2.05, 4.69) is 20.1 Å². The van der Waals surface area contributed by atoms with Crippen LogP contribution < -0.4 is 11.1 Å². The summed E-state index contributed by atoms with van der Waals surface area (Å²) in [5, 5.41) is 17.0. The van der Waals surface area contributed by atoms with Crippen LogP contribution in [0.2, 0.25) is 0 Å². The van der Waals surface area contributed by atoms with Crippen LogP contribution in [0.25, 0.3) is 5.65 Å². The van der Waals surface area contributed by atoms with E-state index in [0.717, 1.165) is 11.3 Å². The van der Waals surface area contributed by atoms with Crippen LogP contribution in [0.15, 0.2) is 24.4 Å². The van der Waals surface area contributed by atoms with Gasteiger partial charge in [0, 0.05) is 17.8 Å². The summed E-state index contributed by atoms with van der Waals surface area (Å²) in [5.74, 6) is -2.03. The Kier molecular flexibility index (Phi) is 5.67. The van der Waals surface area contributed by atoms with E-state index in [1.807, 2.05) is 6.92 Å². The van der Waals surface area contributed by atoms with E-state index in [9.17, 15) is 19.5 Å². The Morgan fingerprint density at radius 3 is 2.63 bits per heavy atom. The molecule has 2 aromatic heterocycles. The second kappa shape index (κ2) is 8.19. The van der Waals surface area contributed by atoms with Gasteiger partial charge in [-0.05, 0) is 38.0 Å². The number of rotatable bonds is 6. The summed E-state index contributed by atoms with van der Waals surface area (Å²) >= 11 is 0. The zero-order valence-electron chi connectivity index (χ0n) is 16.7. The number of amides is 2. The number of para-hydroxylation sites is 1. The molecule has 156 valence electrons. The number of hydrogen-bond donors (Lipinski definition) is 3. The quantitative estimate of drug-likeness (QED) is 0.411. The molecule has 0 radical (unpaired) electrons. The number of nitrogens with two attached hydrogens (primary N) is 1. The van der Waals surface area contributed by atoms with E-state index >= 15 is 0 Å². The first-order valence-electron chi connectivity index (χ1n) is 9.08. The van der Waals surface area contributed by atoms with Gasteiger partial charge in [0.2, 0.25) is 5.91 Å². The van der Waals surface area contributed by atoms with Gasteiger partial charge in [-0.25, -0.2) is 14.3 Å². The van der Waals surface area contributed by atoms with Gasteiger partial charge in [-0.1, -0.05) is 6.07 Å². The van der Waals surface area contributed by atoms with Crippen molar-refractivity contribution in [2.24, 2.45) is 5.73 Å². The normalized spacial score (nSPS) is 10.8. The van der Waals surface area contributed by atoms with Gasteiger partial charge in [-0.15, -0.1) is 0 Å². The maximum absolute atomic E-state index is 12.4. The maximum Gasteiger partial charge on any atom is 0.341 e. The topological polar surface area (TPSA) is 149 Å². The highest BCUT2D eigenvalue weighted by molar-refractivity contribution is 5.99. The largest absolute Gasteiger partial charge is 0.505 e. The number of phenols is 1. The standard InChI is InChI=1S/C20H21N5O5/c1-10-12(11(2)25-19(23-10)14(9-22-25)18(21)28)7-8-16(26)24-15-6-4-5-13(17(15)27)20(29)30-3/h4-6,9,27H,7-8H2,1-3H3,(H2,21,28)(H,24,26). The highest BCUT2D eigenvalue weighted by Crippen LogP contribution is 2.28. The molecule has 0 aliphatic rings. The number of nitrogens with zero attached hydrogens (tertiary/aromatic N) is 3. The fraction of sp³-hybridized carbons (Fsp3) is 0.250. The Morgan fingerprint density at radius 2 is 1.97 bits per heavy atom. The highest BCUT2D eigenvalue weighted by Gasteiger charge is 2.19. The van der Waals surface area contributed by atoms with Gasteiger partial charge in [0.25, 0.3) is 5.91 Å².